The minimum absolute atomic E-state index is 0.0363. The molecule has 4 aromatic carbocycles. The molecule has 25 nitrogen and oxygen atoms in total. The summed E-state index contributed by atoms with van der Waals surface area (Å²) in [4.78, 5) is 95.1. The van der Waals surface area contributed by atoms with E-state index in [0.29, 0.717) is 84.0 Å². The molecule has 0 aliphatic heterocycles. The summed E-state index contributed by atoms with van der Waals surface area (Å²) in [6.07, 6.45) is 3.95. The number of amides is 7. The fraction of sp³-hybridized carbons (Fsp3) is 0.446. The largest absolute Gasteiger partial charge is 0.496 e. The van der Waals surface area contributed by atoms with Crippen LogP contribution in [-0.2, 0) is 19.2 Å². The standard InChI is InChI=1S/C56H81N13O12/c1-78-45-21-17-33(29-37(45)49(62)70)64-54(75)42(14-6-10-26-58)67-51(72)39-31-35(19-23-47(39)80-3)66-56(77)44(16-8-12-28-60)69-52(73)40-32-36(20-24-48(40)81-4)65-55(76)43(15-7-11-27-59)68-50(71)38-30-34(18-22-46(38)79-2)63-53(74)41(61)13-5-9-25-57/h17-24,29-32,41-44,51,67,72H,5-16,25-28,57-61H2,1-4H3,(H2,62,70)(H,63,74)(H,64,75)(H,65,76)(H,66,77)(H,68,71)(H,69,73). The first-order valence-electron chi connectivity index (χ1n) is 26.8. The number of nitrogens with two attached hydrogens (primary N) is 6. The fourth-order valence-electron chi connectivity index (χ4n) is 8.55. The Hall–Kier alpha value is -7.91. The molecule has 0 spiro atoms. The average molecular weight is 1130 g/mol. The Morgan fingerprint density at radius 2 is 0.778 bits per heavy atom. The van der Waals surface area contributed by atoms with Gasteiger partial charge in [-0.1, -0.05) is 12.8 Å². The molecule has 0 bridgehead atoms. The van der Waals surface area contributed by atoms with Crippen LogP contribution in [0.1, 0.15) is 120 Å². The van der Waals surface area contributed by atoms with Crippen LogP contribution in [0.25, 0.3) is 0 Å². The number of aliphatic hydroxyl groups excluding tert-OH is 1. The molecule has 0 radical (unpaired) electrons. The van der Waals surface area contributed by atoms with E-state index < -0.39 is 71.7 Å². The van der Waals surface area contributed by atoms with Gasteiger partial charge in [0.15, 0.2) is 0 Å². The number of carbonyl (C=O) groups excluding carboxylic acids is 7. The molecule has 0 aromatic heterocycles. The average Bonchev–Trinajstić information content (AvgIpc) is 3.48. The Morgan fingerprint density at radius 1 is 0.444 bits per heavy atom. The van der Waals surface area contributed by atoms with E-state index in [1.54, 1.807) is 6.07 Å². The smallest absolute Gasteiger partial charge is 0.255 e. The van der Waals surface area contributed by atoms with Crippen molar-refractivity contribution in [2.75, 3.05) is 75.9 Å². The van der Waals surface area contributed by atoms with Gasteiger partial charge in [0.2, 0.25) is 23.6 Å². The number of hydrogen-bond acceptors (Lipinski definition) is 18. The number of benzene rings is 4. The third kappa shape index (κ3) is 20.3. The number of nitrogens with one attached hydrogen (secondary N) is 7. The highest BCUT2D eigenvalue weighted by atomic mass is 16.5. The van der Waals surface area contributed by atoms with Crippen LogP contribution >= 0.6 is 0 Å². The second kappa shape index (κ2) is 34.3. The molecule has 20 N–H and O–H groups in total. The molecule has 25 heteroatoms. The third-order valence-corrected chi connectivity index (χ3v) is 13.0. The van der Waals surface area contributed by atoms with E-state index in [9.17, 15) is 38.7 Å². The Morgan fingerprint density at radius 3 is 1.17 bits per heavy atom. The highest BCUT2D eigenvalue weighted by molar-refractivity contribution is 6.06. The normalized spacial score (nSPS) is 12.8. The number of methoxy groups -OCH3 is 4. The molecule has 0 aliphatic rings. The maximum Gasteiger partial charge on any atom is 0.255 e. The van der Waals surface area contributed by atoms with E-state index in [1.165, 1.54) is 95.2 Å². The lowest BCUT2D eigenvalue weighted by Gasteiger charge is -2.24. The molecule has 5 atom stereocenters. The quantitative estimate of drug-likeness (QED) is 0.0230. The zero-order chi connectivity index (χ0) is 59.4. The monoisotopic (exact) mass is 1130 g/mol. The van der Waals surface area contributed by atoms with Crippen molar-refractivity contribution in [3.05, 3.63) is 95.1 Å². The molecule has 0 aliphatic carbocycles. The van der Waals surface area contributed by atoms with Crippen molar-refractivity contribution in [2.24, 2.45) is 34.4 Å². The predicted octanol–water partition coefficient (Wildman–Crippen LogP) is 2.66. The number of unbranched alkanes of at least 4 members (excludes halogenated alkanes) is 4. The number of rotatable bonds is 36. The van der Waals surface area contributed by atoms with E-state index in [-0.39, 0.29) is 87.3 Å². The summed E-state index contributed by atoms with van der Waals surface area (Å²) in [5, 5.41) is 31.3. The van der Waals surface area contributed by atoms with Gasteiger partial charge in [0.1, 0.15) is 41.3 Å². The molecule has 4 aromatic rings. The molecule has 442 valence electrons. The van der Waals surface area contributed by atoms with E-state index >= 15 is 0 Å². The third-order valence-electron chi connectivity index (χ3n) is 13.0. The van der Waals surface area contributed by atoms with Crippen molar-refractivity contribution < 1.29 is 57.6 Å². The molecule has 4 rings (SSSR count). The van der Waals surface area contributed by atoms with Crippen molar-refractivity contribution in [1.29, 1.82) is 0 Å². The first-order chi connectivity index (χ1) is 38.9. The van der Waals surface area contributed by atoms with E-state index in [4.69, 9.17) is 53.3 Å². The molecular formula is C56H81N13O12. The van der Waals surface area contributed by atoms with Crippen LogP contribution in [0.4, 0.5) is 22.7 Å². The fourth-order valence-corrected chi connectivity index (χ4v) is 8.55. The first-order valence-corrected chi connectivity index (χ1v) is 26.8. The van der Waals surface area contributed by atoms with Gasteiger partial charge >= 0.3 is 0 Å². The van der Waals surface area contributed by atoms with Crippen LogP contribution < -0.4 is 90.6 Å². The Bertz CT molecular complexity index is 2750. The topological polar surface area (TPSA) is 417 Å². The van der Waals surface area contributed by atoms with Crippen molar-refractivity contribution in [3.8, 4) is 23.0 Å². The number of aliphatic hydroxyl groups is 1. The van der Waals surface area contributed by atoms with Gasteiger partial charge in [0.25, 0.3) is 17.7 Å². The summed E-state index contributed by atoms with van der Waals surface area (Å²) < 4.78 is 21.8. The highest BCUT2D eigenvalue weighted by Gasteiger charge is 2.29. The molecule has 81 heavy (non-hydrogen) atoms. The maximum absolute atomic E-state index is 14.2. The van der Waals surface area contributed by atoms with Gasteiger partial charge in [-0.2, -0.15) is 0 Å². The second-order valence-electron chi connectivity index (χ2n) is 18.9. The molecule has 0 heterocycles. The predicted molar refractivity (Wildman–Crippen MR) is 309 cm³/mol. The number of hydrogen-bond donors (Lipinski definition) is 14. The van der Waals surface area contributed by atoms with E-state index in [2.05, 4.69) is 37.2 Å². The lowest BCUT2D eigenvalue weighted by Crippen LogP contribution is -2.44. The van der Waals surface area contributed by atoms with Crippen molar-refractivity contribution >= 4 is 64.1 Å². The number of ether oxygens (including phenoxy) is 4. The minimum Gasteiger partial charge on any atom is -0.496 e. The molecule has 5 unspecified atom stereocenters. The van der Waals surface area contributed by atoms with E-state index in [0.717, 1.165) is 0 Å². The summed E-state index contributed by atoms with van der Waals surface area (Å²) >= 11 is 0. The molecule has 0 fully saturated rings. The van der Waals surface area contributed by atoms with Gasteiger partial charge < -0.3 is 90.4 Å². The van der Waals surface area contributed by atoms with Crippen LogP contribution in [0, 0.1) is 0 Å². The van der Waals surface area contributed by atoms with Gasteiger partial charge in [-0.25, -0.2) is 0 Å². The first kappa shape index (κ1) is 65.6. The second-order valence-corrected chi connectivity index (χ2v) is 18.9. The number of primary amides is 1. The minimum atomic E-state index is -1.52. The molecule has 0 saturated heterocycles. The Labute approximate surface area is 472 Å². The van der Waals surface area contributed by atoms with Gasteiger partial charge in [-0.05, 0) is 163 Å². The number of anilines is 4. The van der Waals surface area contributed by atoms with Crippen LogP contribution in [0.2, 0.25) is 0 Å². The lowest BCUT2D eigenvalue weighted by atomic mass is 10.0. The van der Waals surface area contributed by atoms with Gasteiger partial charge in [-0.3, -0.25) is 38.9 Å². The van der Waals surface area contributed by atoms with Gasteiger partial charge in [0.05, 0.1) is 57.2 Å². The van der Waals surface area contributed by atoms with Crippen LogP contribution in [0.3, 0.4) is 0 Å². The zero-order valence-electron chi connectivity index (χ0n) is 46.5. The Kier molecular flexibility index (Phi) is 27.8. The van der Waals surface area contributed by atoms with Crippen LogP contribution in [0.5, 0.6) is 23.0 Å². The molecule has 7 amide bonds. The molecule has 0 saturated carbocycles. The van der Waals surface area contributed by atoms with Crippen molar-refractivity contribution in [3.63, 3.8) is 0 Å². The summed E-state index contributed by atoms with van der Waals surface area (Å²) in [5.74, 6) is -3.67. The summed E-state index contributed by atoms with van der Waals surface area (Å²) in [6, 6.07) is 13.7. The van der Waals surface area contributed by atoms with Crippen molar-refractivity contribution in [1.82, 2.24) is 16.0 Å². The SMILES string of the molecule is COc1ccc(NC(=O)C(CCCCN)NC(O)c2cc(NC(=O)C(CCCCN)NC(=O)c3cc(NC(=O)C(CCCCN)NC(=O)c4cc(NC(=O)C(N)CCCCN)ccc4OC)ccc3OC)ccc2OC)cc1C(N)=O. The summed E-state index contributed by atoms with van der Waals surface area (Å²) in [5.41, 5.74) is 35.6. The van der Waals surface area contributed by atoms with E-state index in [1.807, 2.05) is 0 Å². The van der Waals surface area contributed by atoms with Crippen molar-refractivity contribution in [2.45, 2.75) is 107 Å². The van der Waals surface area contributed by atoms with Crippen LogP contribution in [-0.4, -0.2) is 125 Å². The zero-order valence-corrected chi connectivity index (χ0v) is 46.5. The molecular weight excluding hydrogens is 1050 g/mol. The van der Waals surface area contributed by atoms with Gasteiger partial charge in [-0.15, -0.1) is 0 Å². The maximum atomic E-state index is 14.2. The van der Waals surface area contributed by atoms with Crippen LogP contribution in [0.15, 0.2) is 72.8 Å². The highest BCUT2D eigenvalue weighted by Crippen LogP contribution is 2.30. The number of carbonyl (C=O) groups is 7. The lowest BCUT2D eigenvalue weighted by molar-refractivity contribution is -0.119. The Balaban J connectivity index is 1.55. The summed E-state index contributed by atoms with van der Waals surface area (Å²) in [6.45, 7) is 1.50. The van der Waals surface area contributed by atoms with Gasteiger partial charge in [0, 0.05) is 28.3 Å². The summed E-state index contributed by atoms with van der Waals surface area (Å²) in [7, 11) is 5.50.